The van der Waals surface area contributed by atoms with Crippen LogP contribution in [0.4, 0.5) is 11.4 Å². The van der Waals surface area contributed by atoms with E-state index in [1.807, 2.05) is 13.0 Å². The predicted octanol–water partition coefficient (Wildman–Crippen LogP) is 1.65. The highest BCUT2D eigenvalue weighted by molar-refractivity contribution is 5.97. The van der Waals surface area contributed by atoms with Crippen molar-refractivity contribution < 1.29 is 9.53 Å². The van der Waals surface area contributed by atoms with Crippen LogP contribution in [-0.4, -0.2) is 50.2 Å². The summed E-state index contributed by atoms with van der Waals surface area (Å²) >= 11 is 0. The second-order valence-corrected chi connectivity index (χ2v) is 5.99. The molecule has 0 aromatic heterocycles. The number of hydrogen-bond donors (Lipinski definition) is 1. The number of methoxy groups -OCH3 is 1. The number of esters is 1. The molecule has 0 bridgehead atoms. The maximum absolute atomic E-state index is 11.9. The Balaban J connectivity index is 1.88. The number of benzene rings is 1. The molecule has 0 saturated carbocycles. The molecule has 5 heteroatoms. The fourth-order valence-corrected chi connectivity index (χ4v) is 3.47. The van der Waals surface area contributed by atoms with Gasteiger partial charge < -0.3 is 15.4 Å². The average molecular weight is 289 g/mol. The Kier molecular flexibility index (Phi) is 3.76. The minimum Gasteiger partial charge on any atom is -0.465 e. The molecule has 2 heterocycles. The zero-order valence-corrected chi connectivity index (χ0v) is 12.8. The number of nitrogens with two attached hydrogens (primary N) is 1. The molecule has 2 N–H and O–H groups in total. The third-order valence-electron chi connectivity index (χ3n) is 4.73. The minimum atomic E-state index is -0.364. The number of aryl methyl sites for hydroxylation is 1. The molecule has 2 fully saturated rings. The van der Waals surface area contributed by atoms with Gasteiger partial charge in [-0.3, -0.25) is 4.90 Å². The Morgan fingerprint density at radius 2 is 2.14 bits per heavy atom. The normalized spacial score (nSPS) is 22.2. The molecule has 114 valence electrons. The summed E-state index contributed by atoms with van der Waals surface area (Å²) in [6, 6.07) is 4.60. The number of nitrogens with zero attached hydrogens (tertiary/aromatic N) is 2. The number of anilines is 2. The van der Waals surface area contributed by atoms with Crippen LogP contribution < -0.4 is 10.6 Å². The van der Waals surface area contributed by atoms with E-state index in [2.05, 4.69) is 15.9 Å². The lowest BCUT2D eigenvalue weighted by Crippen LogP contribution is -2.50. The summed E-state index contributed by atoms with van der Waals surface area (Å²) in [4.78, 5) is 16.8. The highest BCUT2D eigenvalue weighted by atomic mass is 16.5. The summed E-state index contributed by atoms with van der Waals surface area (Å²) in [5, 5.41) is 0. The largest absolute Gasteiger partial charge is 0.465 e. The zero-order chi connectivity index (χ0) is 15.0. The van der Waals surface area contributed by atoms with E-state index in [4.69, 9.17) is 10.5 Å². The van der Waals surface area contributed by atoms with E-state index in [1.54, 1.807) is 0 Å². The van der Waals surface area contributed by atoms with E-state index in [9.17, 15) is 4.79 Å². The van der Waals surface area contributed by atoms with E-state index in [1.165, 1.54) is 26.5 Å². The molecule has 5 nitrogen and oxygen atoms in total. The zero-order valence-electron chi connectivity index (χ0n) is 12.8. The lowest BCUT2D eigenvalue weighted by Gasteiger charge is -2.39. The van der Waals surface area contributed by atoms with Crippen molar-refractivity contribution in [2.45, 2.75) is 25.8 Å². The van der Waals surface area contributed by atoms with Crippen molar-refractivity contribution in [2.75, 3.05) is 43.9 Å². The van der Waals surface area contributed by atoms with Crippen LogP contribution in [0.25, 0.3) is 0 Å². The summed E-state index contributed by atoms with van der Waals surface area (Å²) in [6.45, 7) is 6.30. The first kappa shape index (κ1) is 14.2. The quantitative estimate of drug-likeness (QED) is 0.662. The van der Waals surface area contributed by atoms with Gasteiger partial charge in [0.2, 0.25) is 0 Å². The van der Waals surface area contributed by atoms with Crippen LogP contribution >= 0.6 is 0 Å². The van der Waals surface area contributed by atoms with Crippen LogP contribution in [0.5, 0.6) is 0 Å². The Hall–Kier alpha value is -1.75. The molecular weight excluding hydrogens is 266 g/mol. The molecule has 0 radical (unpaired) electrons. The first-order chi connectivity index (χ1) is 10.1. The van der Waals surface area contributed by atoms with Gasteiger partial charge in [-0.05, 0) is 44.0 Å². The van der Waals surface area contributed by atoms with Crippen molar-refractivity contribution in [1.29, 1.82) is 0 Å². The molecule has 1 aromatic rings. The molecule has 2 aliphatic rings. The second kappa shape index (κ2) is 5.56. The number of nitrogen functional groups attached to an aromatic ring is 1. The lowest BCUT2D eigenvalue weighted by atomic mass is 10.0. The maximum Gasteiger partial charge on any atom is 0.340 e. The molecule has 0 spiro atoms. The Morgan fingerprint density at radius 3 is 2.90 bits per heavy atom. The standard InChI is InChI=1S/C16H23N3O2/c1-11-8-13(9-14(15(11)17)16(20)21-2)19-7-6-18-5-3-4-12(18)10-19/h8-9,12H,3-7,10,17H2,1-2H3. The smallest absolute Gasteiger partial charge is 0.340 e. The average Bonchev–Trinajstić information content (AvgIpc) is 2.96. The molecule has 1 aromatic carbocycles. The third-order valence-corrected chi connectivity index (χ3v) is 4.73. The van der Waals surface area contributed by atoms with Gasteiger partial charge in [-0.15, -0.1) is 0 Å². The molecule has 2 saturated heterocycles. The molecule has 3 rings (SSSR count). The summed E-state index contributed by atoms with van der Waals surface area (Å²) in [5.74, 6) is -0.364. The number of hydrogen-bond acceptors (Lipinski definition) is 5. The van der Waals surface area contributed by atoms with Gasteiger partial charge in [-0.1, -0.05) is 0 Å². The van der Waals surface area contributed by atoms with Crippen molar-refractivity contribution in [3.63, 3.8) is 0 Å². The van der Waals surface area contributed by atoms with Crippen LogP contribution in [0.1, 0.15) is 28.8 Å². The van der Waals surface area contributed by atoms with E-state index in [-0.39, 0.29) is 5.97 Å². The predicted molar refractivity (Wildman–Crippen MR) is 83.7 cm³/mol. The van der Waals surface area contributed by atoms with Gasteiger partial charge in [0, 0.05) is 37.1 Å². The van der Waals surface area contributed by atoms with Crippen molar-refractivity contribution in [1.82, 2.24) is 4.90 Å². The van der Waals surface area contributed by atoms with Gasteiger partial charge in [0.25, 0.3) is 0 Å². The number of carbonyl (C=O) groups is 1. The Labute approximate surface area is 125 Å². The van der Waals surface area contributed by atoms with E-state index >= 15 is 0 Å². The van der Waals surface area contributed by atoms with E-state index in [0.717, 1.165) is 30.9 Å². The van der Waals surface area contributed by atoms with Gasteiger partial charge in [-0.2, -0.15) is 0 Å². The number of ether oxygens (including phenoxy) is 1. The number of rotatable bonds is 2. The first-order valence-electron chi connectivity index (χ1n) is 7.57. The SMILES string of the molecule is COC(=O)c1cc(N2CCN3CCCC3C2)cc(C)c1N. The molecule has 21 heavy (non-hydrogen) atoms. The molecular formula is C16H23N3O2. The van der Waals surface area contributed by atoms with Crippen LogP contribution in [0, 0.1) is 6.92 Å². The van der Waals surface area contributed by atoms with Gasteiger partial charge in [-0.25, -0.2) is 4.79 Å². The molecule has 0 aliphatic carbocycles. The number of carbonyl (C=O) groups excluding carboxylic acids is 1. The van der Waals surface area contributed by atoms with Gasteiger partial charge in [0.1, 0.15) is 0 Å². The Bertz CT molecular complexity index is 559. The van der Waals surface area contributed by atoms with Crippen molar-refractivity contribution in [3.05, 3.63) is 23.3 Å². The fourth-order valence-electron chi connectivity index (χ4n) is 3.47. The van der Waals surface area contributed by atoms with Crippen molar-refractivity contribution in [2.24, 2.45) is 0 Å². The highest BCUT2D eigenvalue weighted by Gasteiger charge is 2.31. The number of fused-ring (bicyclic) bond motifs is 1. The van der Waals surface area contributed by atoms with E-state index in [0.29, 0.717) is 17.3 Å². The highest BCUT2D eigenvalue weighted by Crippen LogP contribution is 2.29. The van der Waals surface area contributed by atoms with Crippen LogP contribution in [0.2, 0.25) is 0 Å². The first-order valence-corrected chi connectivity index (χ1v) is 7.57. The summed E-state index contributed by atoms with van der Waals surface area (Å²) in [5.41, 5.74) is 9.02. The summed E-state index contributed by atoms with van der Waals surface area (Å²) in [6.07, 6.45) is 2.57. The Morgan fingerprint density at radius 1 is 1.33 bits per heavy atom. The van der Waals surface area contributed by atoms with Crippen molar-refractivity contribution >= 4 is 17.3 Å². The van der Waals surface area contributed by atoms with Gasteiger partial charge in [0.15, 0.2) is 0 Å². The summed E-state index contributed by atoms with van der Waals surface area (Å²) < 4.78 is 4.84. The van der Waals surface area contributed by atoms with Crippen LogP contribution in [-0.2, 0) is 4.74 Å². The van der Waals surface area contributed by atoms with Gasteiger partial charge in [0.05, 0.1) is 12.7 Å². The van der Waals surface area contributed by atoms with Crippen LogP contribution in [0.3, 0.4) is 0 Å². The number of piperazine rings is 1. The van der Waals surface area contributed by atoms with Crippen LogP contribution in [0.15, 0.2) is 12.1 Å². The fraction of sp³-hybridized carbons (Fsp3) is 0.562. The maximum atomic E-state index is 11.9. The lowest BCUT2D eigenvalue weighted by molar-refractivity contribution is 0.0602. The van der Waals surface area contributed by atoms with E-state index < -0.39 is 0 Å². The second-order valence-electron chi connectivity index (χ2n) is 5.99. The van der Waals surface area contributed by atoms with Crippen molar-refractivity contribution in [3.8, 4) is 0 Å². The van der Waals surface area contributed by atoms with Gasteiger partial charge >= 0.3 is 5.97 Å². The molecule has 1 atom stereocenters. The third kappa shape index (κ3) is 2.58. The molecule has 0 amide bonds. The monoisotopic (exact) mass is 289 g/mol. The topological polar surface area (TPSA) is 58.8 Å². The minimum absolute atomic E-state index is 0.364. The molecule has 1 unspecified atom stereocenters. The summed E-state index contributed by atoms with van der Waals surface area (Å²) in [7, 11) is 1.39. The molecule has 2 aliphatic heterocycles.